The van der Waals surface area contributed by atoms with E-state index >= 15 is 0 Å². The van der Waals surface area contributed by atoms with Crippen molar-refractivity contribution in [3.05, 3.63) is 52.0 Å². The zero-order chi connectivity index (χ0) is 14.1. The minimum absolute atomic E-state index is 0.0437. The van der Waals surface area contributed by atoms with Gasteiger partial charge in [0.15, 0.2) is 0 Å². The lowest BCUT2D eigenvalue weighted by molar-refractivity contribution is 0.182. The van der Waals surface area contributed by atoms with E-state index in [0.717, 1.165) is 35.3 Å². The van der Waals surface area contributed by atoms with Crippen molar-refractivity contribution < 1.29 is 4.74 Å². The normalized spacial score (nSPS) is 17.4. The highest BCUT2D eigenvalue weighted by atomic mass is 35.5. The van der Waals surface area contributed by atoms with Crippen molar-refractivity contribution in [1.29, 1.82) is 0 Å². The van der Waals surface area contributed by atoms with Crippen LogP contribution in [0.4, 0.5) is 0 Å². The summed E-state index contributed by atoms with van der Waals surface area (Å²) in [5.74, 6) is 0.826. The molecule has 0 amide bonds. The summed E-state index contributed by atoms with van der Waals surface area (Å²) in [6, 6.07) is 11.6. The van der Waals surface area contributed by atoms with Gasteiger partial charge in [-0.3, -0.25) is 0 Å². The summed E-state index contributed by atoms with van der Waals surface area (Å²) in [6.07, 6.45) is 1.93. The van der Waals surface area contributed by atoms with Crippen LogP contribution in [0, 0.1) is 0 Å². The van der Waals surface area contributed by atoms with E-state index in [0.29, 0.717) is 16.6 Å². The van der Waals surface area contributed by atoms with Crippen LogP contribution in [0.15, 0.2) is 36.4 Å². The van der Waals surface area contributed by atoms with E-state index in [1.165, 1.54) is 0 Å². The fourth-order valence-corrected chi connectivity index (χ4v) is 3.04. The smallest absolute Gasteiger partial charge is 0.132 e. The Bertz CT molecular complexity index is 642. The van der Waals surface area contributed by atoms with Gasteiger partial charge in [-0.2, -0.15) is 0 Å². The second kappa shape index (κ2) is 5.65. The number of fused-ring (bicyclic) bond motifs is 1. The molecule has 1 aliphatic heterocycles. The fourth-order valence-electron chi connectivity index (χ4n) is 2.56. The molecule has 0 aromatic heterocycles. The summed E-state index contributed by atoms with van der Waals surface area (Å²) in [5, 5.41) is 1.32. The van der Waals surface area contributed by atoms with Crippen LogP contribution in [-0.4, -0.2) is 12.6 Å². The van der Waals surface area contributed by atoms with Crippen molar-refractivity contribution in [2.75, 3.05) is 6.54 Å². The SMILES string of the molecule is NC[C@H]1CCc2ccc(Cl)c(-c3ccccc3Cl)c2O1. The first kappa shape index (κ1) is 13.7. The fraction of sp³-hybridized carbons (Fsp3) is 0.250. The van der Waals surface area contributed by atoms with E-state index in [2.05, 4.69) is 0 Å². The molecule has 104 valence electrons. The van der Waals surface area contributed by atoms with Crippen LogP contribution in [0.3, 0.4) is 0 Å². The molecule has 1 atom stereocenters. The number of ether oxygens (including phenoxy) is 1. The van der Waals surface area contributed by atoms with Gasteiger partial charge in [-0.05, 0) is 30.5 Å². The molecule has 2 aromatic rings. The van der Waals surface area contributed by atoms with Crippen LogP contribution in [0.5, 0.6) is 5.75 Å². The third-order valence-corrected chi connectivity index (χ3v) is 4.26. The van der Waals surface area contributed by atoms with Crippen molar-refractivity contribution in [1.82, 2.24) is 0 Å². The molecule has 4 heteroatoms. The molecule has 0 bridgehead atoms. The van der Waals surface area contributed by atoms with Crippen LogP contribution >= 0.6 is 23.2 Å². The molecule has 0 radical (unpaired) electrons. The summed E-state index contributed by atoms with van der Waals surface area (Å²) < 4.78 is 6.03. The molecule has 0 fully saturated rings. The first-order chi connectivity index (χ1) is 9.70. The van der Waals surface area contributed by atoms with Crippen LogP contribution < -0.4 is 10.5 Å². The number of aryl methyl sites for hydroxylation is 1. The lowest BCUT2D eigenvalue weighted by Crippen LogP contribution is -2.30. The molecule has 0 saturated carbocycles. The van der Waals surface area contributed by atoms with Crippen LogP contribution in [-0.2, 0) is 6.42 Å². The topological polar surface area (TPSA) is 35.2 Å². The molecule has 0 unspecified atom stereocenters. The van der Waals surface area contributed by atoms with Crippen molar-refractivity contribution in [2.24, 2.45) is 5.73 Å². The van der Waals surface area contributed by atoms with Gasteiger partial charge in [0.25, 0.3) is 0 Å². The maximum atomic E-state index is 6.39. The Morgan fingerprint density at radius 3 is 2.65 bits per heavy atom. The summed E-state index contributed by atoms with van der Waals surface area (Å²) >= 11 is 12.7. The summed E-state index contributed by atoms with van der Waals surface area (Å²) in [5.41, 5.74) is 8.66. The van der Waals surface area contributed by atoms with Crippen LogP contribution in [0.2, 0.25) is 10.0 Å². The summed E-state index contributed by atoms with van der Waals surface area (Å²) in [7, 11) is 0. The highest BCUT2D eigenvalue weighted by Crippen LogP contribution is 2.44. The number of halogens is 2. The van der Waals surface area contributed by atoms with E-state index in [1.54, 1.807) is 0 Å². The third-order valence-electron chi connectivity index (χ3n) is 3.61. The first-order valence-corrected chi connectivity index (χ1v) is 7.39. The molecule has 1 heterocycles. The van der Waals surface area contributed by atoms with Gasteiger partial charge >= 0.3 is 0 Å². The van der Waals surface area contributed by atoms with E-state index in [4.69, 9.17) is 33.7 Å². The standard InChI is InChI=1S/C16H15Cl2NO/c17-13-4-2-1-3-12(13)15-14(18)8-6-10-5-7-11(9-19)20-16(10)15/h1-4,6,8,11H,5,7,9,19H2/t11-/m1/s1. The molecule has 1 aliphatic rings. The van der Waals surface area contributed by atoms with E-state index in [1.807, 2.05) is 36.4 Å². The first-order valence-electron chi connectivity index (χ1n) is 6.63. The summed E-state index contributed by atoms with van der Waals surface area (Å²) in [6.45, 7) is 0.508. The molecule has 2 aromatic carbocycles. The number of benzene rings is 2. The number of nitrogens with two attached hydrogens (primary N) is 1. The van der Waals surface area contributed by atoms with Gasteiger partial charge < -0.3 is 10.5 Å². The second-order valence-electron chi connectivity index (χ2n) is 4.90. The Morgan fingerprint density at radius 2 is 1.90 bits per heavy atom. The van der Waals surface area contributed by atoms with Gasteiger partial charge in [-0.15, -0.1) is 0 Å². The zero-order valence-electron chi connectivity index (χ0n) is 10.9. The van der Waals surface area contributed by atoms with E-state index < -0.39 is 0 Å². The van der Waals surface area contributed by atoms with Crippen LogP contribution in [0.25, 0.3) is 11.1 Å². The maximum Gasteiger partial charge on any atom is 0.132 e. The molecule has 2 nitrogen and oxygen atoms in total. The Labute approximate surface area is 128 Å². The molecule has 3 rings (SSSR count). The number of hydrogen-bond donors (Lipinski definition) is 1. The Kier molecular flexibility index (Phi) is 3.88. The Morgan fingerprint density at radius 1 is 1.10 bits per heavy atom. The van der Waals surface area contributed by atoms with Gasteiger partial charge in [0.2, 0.25) is 0 Å². The predicted octanol–water partition coefficient (Wildman–Crippen LogP) is 4.31. The maximum absolute atomic E-state index is 6.39. The van der Waals surface area contributed by atoms with Gasteiger partial charge in [-0.25, -0.2) is 0 Å². The predicted molar refractivity (Wildman–Crippen MR) is 83.7 cm³/mol. The van der Waals surface area contributed by atoms with Crippen molar-refractivity contribution in [3.63, 3.8) is 0 Å². The molecule has 2 N–H and O–H groups in total. The highest BCUT2D eigenvalue weighted by molar-refractivity contribution is 6.36. The average Bonchev–Trinajstić information content (AvgIpc) is 2.48. The lowest BCUT2D eigenvalue weighted by atomic mass is 9.95. The van der Waals surface area contributed by atoms with Gasteiger partial charge in [0.1, 0.15) is 11.9 Å². The van der Waals surface area contributed by atoms with E-state index in [-0.39, 0.29) is 6.10 Å². The van der Waals surface area contributed by atoms with Crippen LogP contribution in [0.1, 0.15) is 12.0 Å². The minimum atomic E-state index is 0.0437. The van der Waals surface area contributed by atoms with Crippen molar-refractivity contribution in [3.8, 4) is 16.9 Å². The van der Waals surface area contributed by atoms with Gasteiger partial charge in [0.05, 0.1) is 5.02 Å². The van der Waals surface area contributed by atoms with Gasteiger partial charge in [-0.1, -0.05) is 47.5 Å². The molecule has 20 heavy (non-hydrogen) atoms. The number of hydrogen-bond acceptors (Lipinski definition) is 2. The highest BCUT2D eigenvalue weighted by Gasteiger charge is 2.24. The second-order valence-corrected chi connectivity index (χ2v) is 5.72. The molecular formula is C16H15Cl2NO. The van der Waals surface area contributed by atoms with Gasteiger partial charge in [0, 0.05) is 22.7 Å². The molecule has 0 aliphatic carbocycles. The Hall–Kier alpha value is -1.22. The molecular weight excluding hydrogens is 293 g/mol. The molecule has 0 spiro atoms. The van der Waals surface area contributed by atoms with Crippen molar-refractivity contribution >= 4 is 23.2 Å². The van der Waals surface area contributed by atoms with E-state index in [9.17, 15) is 0 Å². The molecule has 0 saturated heterocycles. The number of rotatable bonds is 2. The lowest BCUT2D eigenvalue weighted by Gasteiger charge is -2.28. The third kappa shape index (κ3) is 2.39. The summed E-state index contributed by atoms with van der Waals surface area (Å²) in [4.78, 5) is 0. The monoisotopic (exact) mass is 307 g/mol. The minimum Gasteiger partial charge on any atom is -0.488 e. The average molecular weight is 308 g/mol. The van der Waals surface area contributed by atoms with Crippen molar-refractivity contribution in [2.45, 2.75) is 18.9 Å². The zero-order valence-corrected chi connectivity index (χ0v) is 12.4. The Balaban J connectivity index is 2.18. The largest absolute Gasteiger partial charge is 0.488 e. The quantitative estimate of drug-likeness (QED) is 0.897.